The van der Waals surface area contributed by atoms with Crippen LogP contribution in [0.1, 0.15) is 5.56 Å². The first-order valence-electron chi connectivity index (χ1n) is 4.69. The Bertz CT molecular complexity index is 415. The summed E-state index contributed by atoms with van der Waals surface area (Å²) in [4.78, 5) is 0.334. The molecule has 5 heteroatoms. The molecule has 1 N–H and O–H groups in total. The fraction of sp³-hybridized carbons (Fsp3) is 0.400. The van der Waals surface area contributed by atoms with E-state index < -0.39 is 10.0 Å². The highest BCUT2D eigenvalue weighted by Crippen LogP contribution is 2.13. The largest absolute Gasteiger partial charge is 0.244 e. The topological polar surface area (TPSA) is 60.3 Å². The lowest BCUT2D eigenvalue weighted by Gasteiger charge is -2.08. The maximum absolute atomic E-state index is 11.8. The minimum atomic E-state index is -3.37. The Hall–Kier alpha value is -0.910. The average Bonchev–Trinajstić information content (AvgIpc) is 2.18. The second kappa shape index (κ2) is 5.25. The molecule has 0 spiro atoms. The number of rotatable bonds is 5. The fourth-order valence-electron chi connectivity index (χ4n) is 1.23. The molecule has 0 amide bonds. The van der Waals surface area contributed by atoms with Gasteiger partial charge in [-0.15, -0.1) is 0 Å². The molecule has 83 valence electrons. The number of hydrogen-bond acceptors (Lipinski definition) is 2. The Labute approximate surface area is 90.8 Å². The molecule has 0 aromatic heterocycles. The van der Waals surface area contributed by atoms with E-state index in [0.717, 1.165) is 5.56 Å². The van der Waals surface area contributed by atoms with Crippen LogP contribution in [0.4, 0.5) is 0 Å². The van der Waals surface area contributed by atoms with Crippen LogP contribution in [-0.4, -0.2) is 28.6 Å². The molecule has 0 atom stereocenters. The van der Waals surface area contributed by atoms with Crippen LogP contribution in [0.5, 0.6) is 0 Å². The van der Waals surface area contributed by atoms with Crippen LogP contribution < -0.4 is 10.0 Å². The molecule has 1 aromatic carbocycles. The smallest absolute Gasteiger partial charge is 0.240 e. The van der Waals surface area contributed by atoms with Crippen molar-refractivity contribution in [3.63, 3.8) is 0 Å². The zero-order chi connectivity index (χ0) is 11.3. The van der Waals surface area contributed by atoms with Crippen LogP contribution in [0.15, 0.2) is 29.2 Å². The van der Waals surface area contributed by atoms with Crippen molar-refractivity contribution in [2.75, 3.05) is 20.1 Å². The van der Waals surface area contributed by atoms with E-state index in [0.29, 0.717) is 18.0 Å². The van der Waals surface area contributed by atoms with Gasteiger partial charge in [-0.3, -0.25) is 0 Å². The number of nitrogens with zero attached hydrogens (tertiary/aromatic N) is 1. The Morgan fingerprint density at radius 3 is 2.60 bits per heavy atom. The summed E-state index contributed by atoms with van der Waals surface area (Å²) < 4.78 is 26.0. The molecule has 0 aliphatic carbocycles. The lowest BCUT2D eigenvalue weighted by atomic mass is 10.2. The van der Waals surface area contributed by atoms with Gasteiger partial charge in [0.2, 0.25) is 10.0 Å². The summed E-state index contributed by atoms with van der Waals surface area (Å²) in [5.41, 5.74) is 0.749. The number of benzene rings is 1. The van der Waals surface area contributed by atoms with Crippen molar-refractivity contribution in [1.82, 2.24) is 10.0 Å². The van der Waals surface area contributed by atoms with Crippen molar-refractivity contribution in [2.45, 2.75) is 11.8 Å². The molecule has 1 aromatic rings. The first-order chi connectivity index (χ1) is 7.08. The summed E-state index contributed by atoms with van der Waals surface area (Å²) in [6, 6.07) is 6.90. The van der Waals surface area contributed by atoms with Gasteiger partial charge in [0.05, 0.1) is 4.90 Å². The monoisotopic (exact) mass is 227 g/mol. The van der Waals surface area contributed by atoms with E-state index in [9.17, 15) is 8.42 Å². The first kappa shape index (κ1) is 12.2. The minimum Gasteiger partial charge on any atom is -0.244 e. The summed E-state index contributed by atoms with van der Waals surface area (Å²) >= 11 is 0. The molecule has 0 unspecified atom stereocenters. The lowest BCUT2D eigenvalue weighted by molar-refractivity contribution is 0.578. The van der Waals surface area contributed by atoms with Gasteiger partial charge in [-0.2, -0.15) is 0 Å². The first-order valence-corrected chi connectivity index (χ1v) is 6.17. The molecule has 0 aliphatic rings. The van der Waals surface area contributed by atoms with Gasteiger partial charge in [0.25, 0.3) is 0 Å². The van der Waals surface area contributed by atoms with Crippen LogP contribution in [0.25, 0.3) is 0 Å². The number of hydrogen-bond donors (Lipinski definition) is 1. The molecule has 0 fully saturated rings. The van der Waals surface area contributed by atoms with Crippen LogP contribution in [-0.2, 0) is 10.0 Å². The Balaban J connectivity index is 2.83. The van der Waals surface area contributed by atoms with Gasteiger partial charge in [-0.05, 0) is 18.6 Å². The second-order valence-corrected chi connectivity index (χ2v) is 4.94. The van der Waals surface area contributed by atoms with E-state index in [4.69, 9.17) is 0 Å². The number of likely N-dealkylation sites (N-methyl/N-ethyl adjacent to an activating group) is 1. The van der Waals surface area contributed by atoms with Crippen LogP contribution in [0.2, 0.25) is 0 Å². The predicted octanol–water partition coefficient (Wildman–Crippen LogP) is 0.508. The molecule has 1 radical (unpaired) electrons. The average molecular weight is 227 g/mol. The van der Waals surface area contributed by atoms with E-state index in [2.05, 4.69) is 10.0 Å². The minimum absolute atomic E-state index is 0.334. The van der Waals surface area contributed by atoms with E-state index >= 15 is 0 Å². The Kier molecular flexibility index (Phi) is 4.26. The summed E-state index contributed by atoms with van der Waals surface area (Å²) in [5, 5.41) is 3.83. The van der Waals surface area contributed by atoms with Gasteiger partial charge in [0.15, 0.2) is 0 Å². The van der Waals surface area contributed by atoms with Crippen molar-refractivity contribution in [3.05, 3.63) is 29.8 Å². The maximum atomic E-state index is 11.8. The van der Waals surface area contributed by atoms with Crippen molar-refractivity contribution in [2.24, 2.45) is 0 Å². The summed E-state index contributed by atoms with van der Waals surface area (Å²) in [6.45, 7) is 2.61. The van der Waals surface area contributed by atoms with Crippen molar-refractivity contribution >= 4 is 10.0 Å². The highest BCUT2D eigenvalue weighted by molar-refractivity contribution is 7.89. The molecule has 0 heterocycles. The SMILES string of the molecule is C[N]CCNS(=O)(=O)c1ccccc1C. The maximum Gasteiger partial charge on any atom is 0.240 e. The third-order valence-corrected chi connectivity index (χ3v) is 3.63. The highest BCUT2D eigenvalue weighted by Gasteiger charge is 2.14. The summed E-state index contributed by atoms with van der Waals surface area (Å²) in [6.07, 6.45) is 0. The molecule has 1 rings (SSSR count). The van der Waals surface area contributed by atoms with Crippen molar-refractivity contribution < 1.29 is 8.42 Å². The van der Waals surface area contributed by atoms with Crippen molar-refractivity contribution in [3.8, 4) is 0 Å². The summed E-state index contributed by atoms with van der Waals surface area (Å²) in [5.74, 6) is 0. The number of sulfonamides is 1. The third kappa shape index (κ3) is 3.30. The molecule has 0 aliphatic heterocycles. The van der Waals surface area contributed by atoms with Gasteiger partial charge >= 0.3 is 0 Å². The van der Waals surface area contributed by atoms with Crippen molar-refractivity contribution in [1.29, 1.82) is 0 Å². The molecule has 0 bridgehead atoms. The molecule has 15 heavy (non-hydrogen) atoms. The van der Waals surface area contributed by atoms with Crippen LogP contribution in [0.3, 0.4) is 0 Å². The van der Waals surface area contributed by atoms with E-state index in [-0.39, 0.29) is 0 Å². The molecule has 0 saturated heterocycles. The quantitative estimate of drug-likeness (QED) is 0.745. The molecular weight excluding hydrogens is 212 g/mol. The van der Waals surface area contributed by atoms with E-state index in [1.807, 2.05) is 6.07 Å². The fourth-order valence-corrected chi connectivity index (χ4v) is 2.49. The van der Waals surface area contributed by atoms with Gasteiger partial charge in [0.1, 0.15) is 0 Å². The number of aryl methyl sites for hydroxylation is 1. The number of nitrogens with one attached hydrogen (secondary N) is 1. The van der Waals surface area contributed by atoms with Gasteiger partial charge in [0, 0.05) is 20.1 Å². The lowest BCUT2D eigenvalue weighted by Crippen LogP contribution is -2.29. The second-order valence-electron chi connectivity index (χ2n) is 3.20. The standard InChI is InChI=1S/C10H15N2O2S/c1-9-5-3-4-6-10(9)15(13,14)12-8-7-11-2/h3-6,12H,7-8H2,1-2H3. The molecule has 0 saturated carbocycles. The zero-order valence-corrected chi connectivity index (χ0v) is 9.71. The molecule has 4 nitrogen and oxygen atoms in total. The van der Waals surface area contributed by atoms with Gasteiger partial charge in [-0.25, -0.2) is 18.5 Å². The predicted molar refractivity (Wildman–Crippen MR) is 59.3 cm³/mol. The van der Waals surface area contributed by atoms with Gasteiger partial charge < -0.3 is 0 Å². The highest BCUT2D eigenvalue weighted by atomic mass is 32.2. The van der Waals surface area contributed by atoms with Crippen LogP contribution >= 0.6 is 0 Å². The summed E-state index contributed by atoms with van der Waals surface area (Å²) in [7, 11) is -1.72. The molecular formula is C10H15N2O2S. The Morgan fingerprint density at radius 2 is 2.00 bits per heavy atom. The van der Waals surface area contributed by atoms with E-state index in [1.54, 1.807) is 32.2 Å². The normalized spacial score (nSPS) is 11.6. The van der Waals surface area contributed by atoms with Crippen LogP contribution in [0, 0.1) is 6.92 Å². The Morgan fingerprint density at radius 1 is 1.33 bits per heavy atom. The van der Waals surface area contributed by atoms with Gasteiger partial charge in [-0.1, -0.05) is 18.2 Å². The van der Waals surface area contributed by atoms with E-state index in [1.165, 1.54) is 0 Å². The zero-order valence-electron chi connectivity index (χ0n) is 8.90. The third-order valence-electron chi connectivity index (χ3n) is 2.01.